The molecular weight excluding hydrogens is 222 g/mol. The summed E-state index contributed by atoms with van der Waals surface area (Å²) in [5.74, 6) is 1.22. The van der Waals surface area contributed by atoms with Crippen LogP contribution in [-0.4, -0.2) is 24.3 Å². The zero-order chi connectivity index (χ0) is 12.4. The Morgan fingerprint density at radius 2 is 2.06 bits per heavy atom. The van der Waals surface area contributed by atoms with Crippen molar-refractivity contribution in [1.29, 1.82) is 0 Å². The fourth-order valence-corrected chi connectivity index (χ4v) is 3.12. The summed E-state index contributed by atoms with van der Waals surface area (Å²) in [6.07, 6.45) is 6.13. The molecule has 1 aromatic rings. The third-order valence-corrected chi connectivity index (χ3v) is 4.40. The Morgan fingerprint density at radius 1 is 1.22 bits per heavy atom. The summed E-state index contributed by atoms with van der Waals surface area (Å²) in [6, 6.07) is 8.83. The average Bonchev–Trinajstić information content (AvgIpc) is 3.23. The van der Waals surface area contributed by atoms with E-state index in [4.69, 9.17) is 0 Å². The molecule has 2 N–H and O–H groups in total. The molecule has 1 fully saturated rings. The molecule has 0 spiro atoms. The van der Waals surface area contributed by atoms with Gasteiger partial charge in [0.05, 0.1) is 6.10 Å². The van der Waals surface area contributed by atoms with Crippen LogP contribution in [0, 0.1) is 5.92 Å². The molecule has 0 bridgehead atoms. The van der Waals surface area contributed by atoms with Crippen molar-refractivity contribution >= 4 is 0 Å². The maximum atomic E-state index is 9.85. The molecular formula is C16H23NO. The van der Waals surface area contributed by atoms with Crippen molar-refractivity contribution in [3.63, 3.8) is 0 Å². The number of hydrogen-bond donors (Lipinski definition) is 2. The smallest absolute Gasteiger partial charge is 0.0692 e. The summed E-state index contributed by atoms with van der Waals surface area (Å²) in [5.41, 5.74) is 3.05. The lowest BCUT2D eigenvalue weighted by molar-refractivity contribution is 0.148. The van der Waals surface area contributed by atoms with E-state index in [1.165, 1.54) is 43.2 Å². The number of aliphatic hydroxyl groups is 1. The van der Waals surface area contributed by atoms with Crippen LogP contribution < -0.4 is 5.32 Å². The molecule has 0 saturated heterocycles. The van der Waals surface area contributed by atoms with E-state index in [1.807, 2.05) is 0 Å². The van der Waals surface area contributed by atoms with Gasteiger partial charge in [0.2, 0.25) is 0 Å². The zero-order valence-corrected chi connectivity index (χ0v) is 10.9. The Balaban J connectivity index is 1.53. The summed E-state index contributed by atoms with van der Waals surface area (Å²) in [5, 5.41) is 13.3. The van der Waals surface area contributed by atoms with Crippen LogP contribution in [0.15, 0.2) is 24.3 Å². The number of fused-ring (bicyclic) bond motifs is 1. The second-order valence-corrected chi connectivity index (χ2v) is 5.85. The lowest BCUT2D eigenvalue weighted by Crippen LogP contribution is -2.32. The van der Waals surface area contributed by atoms with Gasteiger partial charge in [-0.1, -0.05) is 24.3 Å². The monoisotopic (exact) mass is 245 g/mol. The molecule has 18 heavy (non-hydrogen) atoms. The van der Waals surface area contributed by atoms with E-state index in [9.17, 15) is 5.11 Å². The lowest BCUT2D eigenvalue weighted by atomic mass is 9.83. The second kappa shape index (κ2) is 5.41. The standard InChI is InChI=1S/C16H23NO/c18-16(13-8-9-13)11-17-10-14-6-3-5-12-4-1-2-7-15(12)14/h1-2,4,7,13-14,16-18H,3,5-6,8-11H2. The van der Waals surface area contributed by atoms with Crippen LogP contribution in [0.25, 0.3) is 0 Å². The van der Waals surface area contributed by atoms with E-state index >= 15 is 0 Å². The summed E-state index contributed by atoms with van der Waals surface area (Å²) < 4.78 is 0. The van der Waals surface area contributed by atoms with Gasteiger partial charge in [-0.3, -0.25) is 0 Å². The molecule has 1 aromatic carbocycles. The highest BCUT2D eigenvalue weighted by Crippen LogP contribution is 2.33. The summed E-state index contributed by atoms with van der Waals surface area (Å²) >= 11 is 0. The van der Waals surface area contributed by atoms with Crippen LogP contribution in [0.3, 0.4) is 0 Å². The first-order valence-electron chi connectivity index (χ1n) is 7.31. The van der Waals surface area contributed by atoms with Crippen LogP contribution in [0.1, 0.15) is 42.7 Å². The normalized spacial score (nSPS) is 24.6. The van der Waals surface area contributed by atoms with E-state index in [0.29, 0.717) is 11.8 Å². The summed E-state index contributed by atoms with van der Waals surface area (Å²) in [6.45, 7) is 1.78. The molecule has 98 valence electrons. The minimum absolute atomic E-state index is 0.121. The zero-order valence-electron chi connectivity index (χ0n) is 10.9. The van der Waals surface area contributed by atoms with Gasteiger partial charge in [-0.2, -0.15) is 0 Å². The van der Waals surface area contributed by atoms with E-state index in [2.05, 4.69) is 29.6 Å². The molecule has 1 saturated carbocycles. The molecule has 2 aliphatic carbocycles. The number of aliphatic hydroxyl groups excluding tert-OH is 1. The van der Waals surface area contributed by atoms with Crippen molar-refractivity contribution in [2.24, 2.45) is 5.92 Å². The Morgan fingerprint density at radius 3 is 2.89 bits per heavy atom. The van der Waals surface area contributed by atoms with E-state index in [1.54, 1.807) is 0 Å². The number of rotatable bonds is 5. The van der Waals surface area contributed by atoms with E-state index in [0.717, 1.165) is 13.1 Å². The van der Waals surface area contributed by atoms with Gasteiger partial charge in [0.15, 0.2) is 0 Å². The summed E-state index contributed by atoms with van der Waals surface area (Å²) in [7, 11) is 0. The molecule has 0 aromatic heterocycles. The number of hydrogen-bond acceptors (Lipinski definition) is 2. The Bertz CT molecular complexity index is 400. The van der Waals surface area contributed by atoms with Crippen molar-refractivity contribution in [1.82, 2.24) is 5.32 Å². The Kier molecular flexibility index (Phi) is 3.67. The van der Waals surface area contributed by atoms with Gasteiger partial charge in [0.1, 0.15) is 0 Å². The van der Waals surface area contributed by atoms with Crippen molar-refractivity contribution < 1.29 is 5.11 Å². The fraction of sp³-hybridized carbons (Fsp3) is 0.625. The van der Waals surface area contributed by atoms with Gasteiger partial charge in [0, 0.05) is 13.1 Å². The summed E-state index contributed by atoms with van der Waals surface area (Å²) in [4.78, 5) is 0. The quantitative estimate of drug-likeness (QED) is 0.835. The largest absolute Gasteiger partial charge is 0.392 e. The van der Waals surface area contributed by atoms with Crippen molar-refractivity contribution in [3.8, 4) is 0 Å². The highest BCUT2D eigenvalue weighted by Gasteiger charge is 2.29. The molecule has 2 aliphatic rings. The minimum atomic E-state index is -0.121. The van der Waals surface area contributed by atoms with Gasteiger partial charge in [-0.15, -0.1) is 0 Å². The van der Waals surface area contributed by atoms with Gasteiger partial charge >= 0.3 is 0 Å². The van der Waals surface area contributed by atoms with Gasteiger partial charge in [-0.05, 0) is 55.1 Å². The highest BCUT2D eigenvalue weighted by molar-refractivity contribution is 5.32. The van der Waals surface area contributed by atoms with Gasteiger partial charge in [0.25, 0.3) is 0 Å². The molecule has 2 atom stereocenters. The topological polar surface area (TPSA) is 32.3 Å². The molecule has 3 rings (SSSR count). The molecule has 0 radical (unpaired) electrons. The molecule has 2 unspecified atom stereocenters. The van der Waals surface area contributed by atoms with Crippen LogP contribution in [0.2, 0.25) is 0 Å². The molecule has 2 nitrogen and oxygen atoms in total. The second-order valence-electron chi connectivity index (χ2n) is 5.85. The van der Waals surface area contributed by atoms with Crippen LogP contribution in [-0.2, 0) is 6.42 Å². The number of benzene rings is 1. The Hall–Kier alpha value is -0.860. The van der Waals surface area contributed by atoms with Crippen LogP contribution >= 0.6 is 0 Å². The van der Waals surface area contributed by atoms with Gasteiger partial charge in [-0.25, -0.2) is 0 Å². The van der Waals surface area contributed by atoms with Gasteiger partial charge < -0.3 is 10.4 Å². The van der Waals surface area contributed by atoms with Crippen LogP contribution in [0.5, 0.6) is 0 Å². The van der Waals surface area contributed by atoms with Crippen LogP contribution in [0.4, 0.5) is 0 Å². The third-order valence-electron chi connectivity index (χ3n) is 4.40. The molecule has 0 heterocycles. The first-order valence-corrected chi connectivity index (χ1v) is 7.31. The lowest BCUT2D eigenvalue weighted by Gasteiger charge is -2.26. The molecule has 2 heteroatoms. The van der Waals surface area contributed by atoms with Crippen molar-refractivity contribution in [2.75, 3.05) is 13.1 Å². The molecule has 0 aliphatic heterocycles. The Labute approximate surface area is 109 Å². The minimum Gasteiger partial charge on any atom is -0.392 e. The number of aryl methyl sites for hydroxylation is 1. The predicted molar refractivity (Wildman–Crippen MR) is 73.7 cm³/mol. The van der Waals surface area contributed by atoms with Crippen molar-refractivity contribution in [3.05, 3.63) is 35.4 Å². The maximum absolute atomic E-state index is 9.85. The number of nitrogens with one attached hydrogen (secondary N) is 1. The first kappa shape index (κ1) is 12.2. The fourth-order valence-electron chi connectivity index (χ4n) is 3.12. The third kappa shape index (κ3) is 2.76. The predicted octanol–water partition coefficient (Wildman–Crippen LogP) is 2.47. The van der Waals surface area contributed by atoms with E-state index < -0.39 is 0 Å². The van der Waals surface area contributed by atoms with Crippen molar-refractivity contribution in [2.45, 2.75) is 44.1 Å². The van der Waals surface area contributed by atoms with E-state index in [-0.39, 0.29) is 6.10 Å². The maximum Gasteiger partial charge on any atom is 0.0692 e. The average molecular weight is 245 g/mol. The SMILES string of the molecule is OC(CNCC1CCCc2ccccc21)C1CC1. The highest BCUT2D eigenvalue weighted by atomic mass is 16.3. The first-order chi connectivity index (χ1) is 8.84. The molecule has 0 amide bonds.